The second kappa shape index (κ2) is 13.2. The van der Waals surface area contributed by atoms with Crippen LogP contribution >= 0.6 is 0 Å². The quantitative estimate of drug-likeness (QED) is 0.351. The van der Waals surface area contributed by atoms with Crippen molar-refractivity contribution < 1.29 is 27.9 Å². The fourth-order valence-corrected chi connectivity index (χ4v) is 3.47. The molecular formula is C25H32F3N5O3. The molecular weight excluding hydrogens is 475 g/mol. The Labute approximate surface area is 208 Å². The molecule has 0 aromatic carbocycles. The summed E-state index contributed by atoms with van der Waals surface area (Å²) in [6.07, 6.45) is -1.71. The summed E-state index contributed by atoms with van der Waals surface area (Å²) in [5.41, 5.74) is 1.32. The van der Waals surface area contributed by atoms with Gasteiger partial charge in [-0.05, 0) is 43.0 Å². The number of amides is 2. The van der Waals surface area contributed by atoms with Crippen LogP contribution in [0.15, 0.2) is 41.7 Å². The lowest BCUT2D eigenvalue weighted by molar-refractivity contribution is -0.175. The maximum Gasteiger partial charge on any atom is 0.401 e. The molecule has 0 aliphatic carbocycles. The second-order valence-electron chi connectivity index (χ2n) is 8.73. The molecule has 2 aromatic heterocycles. The van der Waals surface area contributed by atoms with Crippen LogP contribution in [0.25, 0.3) is 0 Å². The number of aliphatic hydroxyl groups excluding tert-OH is 1. The van der Waals surface area contributed by atoms with Crippen LogP contribution in [0.4, 0.5) is 19.0 Å². The van der Waals surface area contributed by atoms with E-state index in [-0.39, 0.29) is 30.2 Å². The number of aliphatic hydroxyl groups is 1. The van der Waals surface area contributed by atoms with Crippen LogP contribution in [-0.2, 0) is 17.6 Å². The first kappa shape index (κ1) is 29.1. The van der Waals surface area contributed by atoms with E-state index in [1.54, 1.807) is 45.2 Å². The number of nitrogens with one attached hydrogen (secondary N) is 1. The lowest BCUT2D eigenvalue weighted by atomic mass is 10.0. The summed E-state index contributed by atoms with van der Waals surface area (Å²) in [7, 11) is 0. The van der Waals surface area contributed by atoms with Crippen molar-refractivity contribution in [3.05, 3.63) is 53.5 Å². The Morgan fingerprint density at radius 1 is 1.22 bits per heavy atom. The van der Waals surface area contributed by atoms with Gasteiger partial charge in [0.2, 0.25) is 5.91 Å². The number of nitrogens with zero attached hydrogens (tertiary/aromatic N) is 4. The molecule has 0 aliphatic rings. The number of aromatic nitrogens is 2. The molecule has 2 amide bonds. The highest BCUT2D eigenvalue weighted by molar-refractivity contribution is 5.99. The third-order valence-corrected chi connectivity index (χ3v) is 5.68. The van der Waals surface area contributed by atoms with Gasteiger partial charge < -0.3 is 10.4 Å². The zero-order valence-electron chi connectivity index (χ0n) is 20.8. The van der Waals surface area contributed by atoms with E-state index in [4.69, 9.17) is 0 Å². The number of pyridine rings is 2. The highest BCUT2D eigenvalue weighted by atomic mass is 19.4. The fourth-order valence-electron chi connectivity index (χ4n) is 3.47. The van der Waals surface area contributed by atoms with Gasteiger partial charge in [0, 0.05) is 36.8 Å². The third kappa shape index (κ3) is 9.12. The number of hydrogen-bond acceptors (Lipinski definition) is 6. The molecule has 2 heterocycles. The SMILES string of the molecule is CCc1ncc(C(=O)N=CCC(O)N(CC(F)(F)F)C(C)C(C)C)cc1CC(=O)Nc1ccccn1. The van der Waals surface area contributed by atoms with Crippen molar-refractivity contribution in [2.45, 2.75) is 65.4 Å². The molecule has 0 fully saturated rings. The normalized spacial score (nSPS) is 13.8. The van der Waals surface area contributed by atoms with Gasteiger partial charge in [-0.3, -0.25) is 19.5 Å². The van der Waals surface area contributed by atoms with Gasteiger partial charge in [0.05, 0.1) is 18.5 Å². The number of anilines is 1. The van der Waals surface area contributed by atoms with Gasteiger partial charge in [0.15, 0.2) is 0 Å². The van der Waals surface area contributed by atoms with Gasteiger partial charge in [-0.15, -0.1) is 0 Å². The number of alkyl halides is 3. The fraction of sp³-hybridized carbons (Fsp3) is 0.480. The van der Waals surface area contributed by atoms with Gasteiger partial charge in [0.1, 0.15) is 12.0 Å². The first-order chi connectivity index (χ1) is 16.9. The van der Waals surface area contributed by atoms with E-state index in [1.165, 1.54) is 12.3 Å². The molecule has 2 unspecified atom stereocenters. The minimum Gasteiger partial charge on any atom is -0.378 e. The zero-order valence-corrected chi connectivity index (χ0v) is 20.8. The number of carbonyl (C=O) groups excluding carboxylic acids is 2. The van der Waals surface area contributed by atoms with Crippen LogP contribution < -0.4 is 5.32 Å². The number of aryl methyl sites for hydroxylation is 1. The molecule has 0 saturated heterocycles. The minimum absolute atomic E-state index is 0.0320. The van der Waals surface area contributed by atoms with E-state index >= 15 is 0 Å². The summed E-state index contributed by atoms with van der Waals surface area (Å²) in [5.74, 6) is -0.735. The van der Waals surface area contributed by atoms with Crippen molar-refractivity contribution in [1.82, 2.24) is 14.9 Å². The first-order valence-corrected chi connectivity index (χ1v) is 11.7. The summed E-state index contributed by atoms with van der Waals surface area (Å²) < 4.78 is 39.0. The molecule has 36 heavy (non-hydrogen) atoms. The summed E-state index contributed by atoms with van der Waals surface area (Å²) in [6, 6.07) is 6.09. The highest BCUT2D eigenvalue weighted by Crippen LogP contribution is 2.23. The smallest absolute Gasteiger partial charge is 0.378 e. The van der Waals surface area contributed by atoms with Gasteiger partial charge in [-0.25, -0.2) is 9.98 Å². The van der Waals surface area contributed by atoms with E-state index in [9.17, 15) is 27.9 Å². The zero-order chi connectivity index (χ0) is 26.9. The van der Waals surface area contributed by atoms with Crippen LogP contribution in [0.3, 0.4) is 0 Å². The maximum atomic E-state index is 13.0. The number of carbonyl (C=O) groups is 2. The van der Waals surface area contributed by atoms with Crippen LogP contribution in [0.5, 0.6) is 0 Å². The van der Waals surface area contributed by atoms with Crippen molar-refractivity contribution in [3.63, 3.8) is 0 Å². The molecule has 11 heteroatoms. The molecule has 0 spiro atoms. The van der Waals surface area contributed by atoms with E-state index in [2.05, 4.69) is 20.3 Å². The minimum atomic E-state index is -4.48. The summed E-state index contributed by atoms with van der Waals surface area (Å²) >= 11 is 0. The number of rotatable bonds is 11. The van der Waals surface area contributed by atoms with Crippen molar-refractivity contribution in [2.24, 2.45) is 10.9 Å². The molecule has 0 saturated carbocycles. The molecule has 2 atom stereocenters. The topological polar surface area (TPSA) is 108 Å². The van der Waals surface area contributed by atoms with Gasteiger partial charge in [0.25, 0.3) is 5.91 Å². The standard InChI is InChI=1S/C25H32F3N5O3/c1-5-20-18(13-22(34)32-21-8-6-7-10-29-21)12-19(14-31-20)24(36)30-11-9-23(35)33(15-25(26,27)28)17(4)16(2)3/h6-8,10-12,14,16-17,23,35H,5,9,13,15H2,1-4H3,(H,29,32,34). The lowest BCUT2D eigenvalue weighted by Gasteiger charge is -2.35. The Hall–Kier alpha value is -3.18. The second-order valence-corrected chi connectivity index (χ2v) is 8.73. The molecule has 2 rings (SSSR count). The van der Waals surface area contributed by atoms with E-state index < -0.39 is 30.9 Å². The number of hydrogen-bond donors (Lipinski definition) is 2. The van der Waals surface area contributed by atoms with Crippen molar-refractivity contribution >= 4 is 23.8 Å². The van der Waals surface area contributed by atoms with E-state index in [0.29, 0.717) is 23.5 Å². The van der Waals surface area contributed by atoms with Crippen LogP contribution in [0, 0.1) is 5.92 Å². The van der Waals surface area contributed by atoms with Gasteiger partial charge >= 0.3 is 6.18 Å². The summed E-state index contributed by atoms with van der Waals surface area (Å²) in [6.45, 7) is 5.73. The Kier molecular flexibility index (Phi) is 10.7. The predicted molar refractivity (Wildman–Crippen MR) is 131 cm³/mol. The maximum absolute atomic E-state index is 13.0. The van der Waals surface area contributed by atoms with Crippen LogP contribution in [-0.4, -0.2) is 63.0 Å². The van der Waals surface area contributed by atoms with Crippen molar-refractivity contribution in [3.8, 4) is 0 Å². The summed E-state index contributed by atoms with van der Waals surface area (Å²) in [4.78, 5) is 38.0. The third-order valence-electron chi connectivity index (χ3n) is 5.68. The Morgan fingerprint density at radius 3 is 2.53 bits per heavy atom. The van der Waals surface area contributed by atoms with E-state index in [0.717, 1.165) is 11.1 Å². The number of halogens is 3. The van der Waals surface area contributed by atoms with Crippen molar-refractivity contribution in [1.29, 1.82) is 0 Å². The van der Waals surface area contributed by atoms with Crippen molar-refractivity contribution in [2.75, 3.05) is 11.9 Å². The predicted octanol–water partition coefficient (Wildman–Crippen LogP) is 4.05. The molecule has 0 bridgehead atoms. The largest absolute Gasteiger partial charge is 0.401 e. The Balaban J connectivity index is 2.09. The molecule has 2 N–H and O–H groups in total. The molecule has 196 valence electrons. The van der Waals surface area contributed by atoms with Crippen LogP contribution in [0.1, 0.15) is 55.7 Å². The number of aliphatic imine (C=N–C) groups is 1. The summed E-state index contributed by atoms with van der Waals surface area (Å²) in [5, 5.41) is 13.0. The highest BCUT2D eigenvalue weighted by Gasteiger charge is 2.36. The molecule has 2 aromatic rings. The Bertz CT molecular complexity index is 1040. The molecule has 0 radical (unpaired) electrons. The first-order valence-electron chi connectivity index (χ1n) is 11.7. The van der Waals surface area contributed by atoms with Crippen LogP contribution in [0.2, 0.25) is 0 Å². The van der Waals surface area contributed by atoms with Gasteiger partial charge in [-0.1, -0.05) is 26.8 Å². The molecule has 8 nitrogen and oxygen atoms in total. The average Bonchev–Trinajstić information content (AvgIpc) is 2.81. The molecule has 0 aliphatic heterocycles. The Morgan fingerprint density at radius 2 is 1.94 bits per heavy atom. The lowest BCUT2D eigenvalue weighted by Crippen LogP contribution is -2.49. The van der Waals surface area contributed by atoms with E-state index in [1.807, 2.05) is 6.92 Å². The average molecular weight is 508 g/mol. The van der Waals surface area contributed by atoms with Gasteiger partial charge in [-0.2, -0.15) is 13.2 Å². The monoisotopic (exact) mass is 507 g/mol.